The SMILES string of the molecule is Nc1ccc([N+](=O)[O-])cc1OCC1CO1. The van der Waals surface area contributed by atoms with Crippen molar-refractivity contribution < 1.29 is 14.4 Å². The van der Waals surface area contributed by atoms with Gasteiger partial charge in [-0.15, -0.1) is 0 Å². The second-order valence-electron chi connectivity index (χ2n) is 3.25. The highest BCUT2D eigenvalue weighted by Gasteiger charge is 2.23. The Hall–Kier alpha value is -1.82. The second kappa shape index (κ2) is 3.74. The van der Waals surface area contributed by atoms with Crippen LogP contribution in [-0.4, -0.2) is 24.2 Å². The van der Waals surface area contributed by atoms with E-state index >= 15 is 0 Å². The minimum Gasteiger partial charge on any atom is -0.488 e. The van der Waals surface area contributed by atoms with Crippen molar-refractivity contribution >= 4 is 11.4 Å². The van der Waals surface area contributed by atoms with E-state index in [1.165, 1.54) is 18.2 Å². The van der Waals surface area contributed by atoms with Gasteiger partial charge in [0, 0.05) is 6.07 Å². The van der Waals surface area contributed by atoms with Gasteiger partial charge >= 0.3 is 0 Å². The number of non-ortho nitro benzene ring substituents is 1. The van der Waals surface area contributed by atoms with Crippen LogP contribution in [0.25, 0.3) is 0 Å². The van der Waals surface area contributed by atoms with E-state index in [1.807, 2.05) is 0 Å². The smallest absolute Gasteiger partial charge is 0.273 e. The Kier molecular flexibility index (Phi) is 2.42. The van der Waals surface area contributed by atoms with Gasteiger partial charge in [0.1, 0.15) is 18.5 Å². The molecule has 0 aromatic heterocycles. The van der Waals surface area contributed by atoms with E-state index in [1.54, 1.807) is 0 Å². The maximum atomic E-state index is 10.5. The lowest BCUT2D eigenvalue weighted by atomic mass is 10.2. The molecule has 1 aliphatic heterocycles. The van der Waals surface area contributed by atoms with Gasteiger partial charge in [0.2, 0.25) is 0 Å². The van der Waals surface area contributed by atoms with E-state index in [9.17, 15) is 10.1 Å². The number of nitrogen functional groups attached to an aromatic ring is 1. The predicted octanol–water partition coefficient (Wildman–Crippen LogP) is 0.955. The van der Waals surface area contributed by atoms with Crippen LogP contribution in [0.4, 0.5) is 11.4 Å². The Morgan fingerprint density at radius 1 is 1.67 bits per heavy atom. The molecule has 2 rings (SSSR count). The molecule has 1 atom stereocenters. The lowest BCUT2D eigenvalue weighted by Gasteiger charge is -2.06. The monoisotopic (exact) mass is 210 g/mol. The number of anilines is 1. The standard InChI is InChI=1S/C9H10N2O4/c10-8-2-1-6(11(12)13)3-9(8)15-5-7-4-14-7/h1-3,7H,4-5,10H2. The van der Waals surface area contributed by atoms with Gasteiger partial charge in [-0.3, -0.25) is 10.1 Å². The first kappa shape index (κ1) is 9.72. The molecular weight excluding hydrogens is 200 g/mol. The van der Waals surface area contributed by atoms with Gasteiger partial charge in [0.05, 0.1) is 23.3 Å². The van der Waals surface area contributed by atoms with Gasteiger partial charge in [-0.2, -0.15) is 0 Å². The summed E-state index contributed by atoms with van der Waals surface area (Å²) in [6.07, 6.45) is 0.101. The number of epoxide rings is 1. The Morgan fingerprint density at radius 3 is 3.00 bits per heavy atom. The van der Waals surface area contributed by atoms with Crippen LogP contribution < -0.4 is 10.5 Å². The number of hydrogen-bond acceptors (Lipinski definition) is 5. The lowest BCUT2D eigenvalue weighted by Crippen LogP contribution is -2.06. The summed E-state index contributed by atoms with van der Waals surface area (Å²) < 4.78 is 10.2. The highest BCUT2D eigenvalue weighted by atomic mass is 16.6. The van der Waals surface area contributed by atoms with Crippen molar-refractivity contribution in [3.63, 3.8) is 0 Å². The maximum Gasteiger partial charge on any atom is 0.273 e. The quantitative estimate of drug-likeness (QED) is 0.346. The molecule has 1 fully saturated rings. The van der Waals surface area contributed by atoms with E-state index in [0.29, 0.717) is 24.7 Å². The summed E-state index contributed by atoms with van der Waals surface area (Å²) in [6.45, 7) is 1.06. The van der Waals surface area contributed by atoms with Crippen molar-refractivity contribution in [3.8, 4) is 5.75 Å². The topological polar surface area (TPSA) is 90.9 Å². The summed E-state index contributed by atoms with van der Waals surface area (Å²) in [6, 6.07) is 4.12. The largest absolute Gasteiger partial charge is 0.488 e. The summed E-state index contributed by atoms with van der Waals surface area (Å²) in [5, 5.41) is 10.5. The molecular formula is C9H10N2O4. The summed E-state index contributed by atoms with van der Waals surface area (Å²) in [4.78, 5) is 10.0. The zero-order chi connectivity index (χ0) is 10.8. The van der Waals surface area contributed by atoms with Crippen LogP contribution >= 0.6 is 0 Å². The summed E-state index contributed by atoms with van der Waals surface area (Å²) in [5.74, 6) is 0.333. The first-order valence-corrected chi connectivity index (χ1v) is 4.45. The fourth-order valence-corrected chi connectivity index (χ4v) is 1.11. The first-order valence-electron chi connectivity index (χ1n) is 4.45. The van der Waals surface area contributed by atoms with Crippen molar-refractivity contribution in [1.29, 1.82) is 0 Å². The molecule has 1 heterocycles. The van der Waals surface area contributed by atoms with Crippen LogP contribution in [-0.2, 0) is 4.74 Å². The second-order valence-corrected chi connectivity index (χ2v) is 3.25. The summed E-state index contributed by atoms with van der Waals surface area (Å²) >= 11 is 0. The van der Waals surface area contributed by atoms with Gasteiger partial charge in [0.25, 0.3) is 5.69 Å². The van der Waals surface area contributed by atoms with E-state index in [0.717, 1.165) is 0 Å². The molecule has 0 aliphatic carbocycles. The Bertz CT molecular complexity index is 390. The Labute approximate surface area is 85.7 Å². The van der Waals surface area contributed by atoms with Crippen molar-refractivity contribution in [2.24, 2.45) is 0 Å². The number of rotatable bonds is 4. The van der Waals surface area contributed by atoms with Crippen LogP contribution in [0.5, 0.6) is 5.75 Å². The third-order valence-electron chi connectivity index (χ3n) is 2.04. The highest BCUT2D eigenvalue weighted by Crippen LogP contribution is 2.27. The van der Waals surface area contributed by atoms with Crippen LogP contribution in [0.15, 0.2) is 18.2 Å². The number of nitro benzene ring substituents is 1. The van der Waals surface area contributed by atoms with E-state index in [2.05, 4.69) is 0 Å². The van der Waals surface area contributed by atoms with Crippen LogP contribution in [0.3, 0.4) is 0 Å². The zero-order valence-electron chi connectivity index (χ0n) is 7.88. The number of hydrogen-bond donors (Lipinski definition) is 1. The van der Waals surface area contributed by atoms with Gasteiger partial charge in [-0.25, -0.2) is 0 Å². The zero-order valence-corrected chi connectivity index (χ0v) is 7.88. The Balaban J connectivity index is 2.12. The maximum absolute atomic E-state index is 10.5. The van der Waals surface area contributed by atoms with Gasteiger partial charge in [0.15, 0.2) is 0 Å². The first-order chi connectivity index (χ1) is 7.16. The fraction of sp³-hybridized carbons (Fsp3) is 0.333. The van der Waals surface area contributed by atoms with E-state index in [-0.39, 0.29) is 11.8 Å². The number of nitrogens with two attached hydrogens (primary N) is 1. The van der Waals surface area contributed by atoms with Crippen molar-refractivity contribution in [2.75, 3.05) is 18.9 Å². The normalized spacial score (nSPS) is 18.5. The Morgan fingerprint density at radius 2 is 2.40 bits per heavy atom. The fourth-order valence-electron chi connectivity index (χ4n) is 1.11. The molecule has 0 spiro atoms. The predicted molar refractivity (Wildman–Crippen MR) is 52.7 cm³/mol. The molecule has 0 bridgehead atoms. The molecule has 15 heavy (non-hydrogen) atoms. The van der Waals surface area contributed by atoms with E-state index < -0.39 is 4.92 Å². The van der Waals surface area contributed by atoms with Crippen LogP contribution in [0, 0.1) is 10.1 Å². The number of benzene rings is 1. The molecule has 80 valence electrons. The molecule has 1 aromatic rings. The van der Waals surface area contributed by atoms with Gasteiger partial charge < -0.3 is 15.2 Å². The summed E-state index contributed by atoms with van der Waals surface area (Å²) in [5.41, 5.74) is 5.97. The molecule has 1 aromatic carbocycles. The minimum absolute atomic E-state index is 0.0316. The number of ether oxygens (including phenoxy) is 2. The molecule has 2 N–H and O–H groups in total. The molecule has 0 radical (unpaired) electrons. The van der Waals surface area contributed by atoms with Crippen LogP contribution in [0.1, 0.15) is 0 Å². The van der Waals surface area contributed by atoms with Crippen molar-refractivity contribution in [1.82, 2.24) is 0 Å². The molecule has 1 saturated heterocycles. The van der Waals surface area contributed by atoms with Gasteiger partial charge in [-0.05, 0) is 6.07 Å². The molecule has 6 heteroatoms. The molecule has 1 aliphatic rings. The van der Waals surface area contributed by atoms with Crippen LogP contribution in [0.2, 0.25) is 0 Å². The molecule has 1 unspecified atom stereocenters. The average Bonchev–Trinajstić information content (AvgIpc) is 3.00. The summed E-state index contributed by atoms with van der Waals surface area (Å²) in [7, 11) is 0. The van der Waals surface area contributed by atoms with Crippen molar-refractivity contribution in [3.05, 3.63) is 28.3 Å². The number of nitrogens with zero attached hydrogens (tertiary/aromatic N) is 1. The van der Waals surface area contributed by atoms with Crippen molar-refractivity contribution in [2.45, 2.75) is 6.10 Å². The molecule has 6 nitrogen and oxygen atoms in total. The highest BCUT2D eigenvalue weighted by molar-refractivity contribution is 5.57. The lowest BCUT2D eigenvalue weighted by molar-refractivity contribution is -0.384. The third kappa shape index (κ3) is 2.35. The number of nitro groups is 1. The average molecular weight is 210 g/mol. The van der Waals surface area contributed by atoms with E-state index in [4.69, 9.17) is 15.2 Å². The minimum atomic E-state index is -0.486. The third-order valence-corrected chi connectivity index (χ3v) is 2.04. The van der Waals surface area contributed by atoms with Gasteiger partial charge in [-0.1, -0.05) is 0 Å². The molecule has 0 saturated carbocycles. The molecule has 0 amide bonds.